The minimum absolute atomic E-state index is 0.521. The molecule has 0 aromatic heterocycles. The van der Waals surface area contributed by atoms with Crippen LogP contribution in [0.1, 0.15) is 111 Å². The van der Waals surface area contributed by atoms with Crippen LogP contribution >= 0.6 is 7.26 Å². The Morgan fingerprint density at radius 1 is 0.409 bits per heavy atom. The van der Waals surface area contributed by atoms with Crippen LogP contribution in [0.15, 0.2) is 0 Å². The summed E-state index contributed by atoms with van der Waals surface area (Å²) in [5, 5.41) is 0. The zero-order valence-corrected chi connectivity index (χ0v) is 17.4. The summed E-state index contributed by atoms with van der Waals surface area (Å²) in [4.78, 5) is 0. The predicted octanol–water partition coefficient (Wildman–Crippen LogP) is 8.15. The van der Waals surface area contributed by atoms with Crippen LogP contribution in [0.25, 0.3) is 0 Å². The molecule has 0 aliphatic heterocycles. The van der Waals surface area contributed by atoms with Gasteiger partial charge in [-0.25, -0.2) is 0 Å². The molecule has 0 bridgehead atoms. The van der Waals surface area contributed by atoms with Crippen molar-refractivity contribution in [2.24, 2.45) is 0 Å². The van der Waals surface area contributed by atoms with Crippen molar-refractivity contribution in [3.8, 4) is 0 Å². The van der Waals surface area contributed by atoms with E-state index in [0.717, 1.165) is 0 Å². The standard InChI is InChI=1S/C21H46P/c1-5-9-10-11-12-13-14-15-16-17-18-19-20-21-22(6-2,7-3)8-4/h5-21H2,1-4H3/q+1. The average Bonchev–Trinajstić information content (AvgIpc) is 2.56. The lowest BCUT2D eigenvalue weighted by molar-refractivity contribution is 0.543. The maximum atomic E-state index is 2.43. The Labute approximate surface area is 143 Å². The summed E-state index contributed by atoms with van der Waals surface area (Å²) >= 11 is 0. The lowest BCUT2D eigenvalue weighted by Gasteiger charge is -2.23. The van der Waals surface area contributed by atoms with Gasteiger partial charge in [-0.1, -0.05) is 77.6 Å². The summed E-state index contributed by atoms with van der Waals surface area (Å²) in [6, 6.07) is 0. The topological polar surface area (TPSA) is 0 Å². The first-order valence-corrected chi connectivity index (χ1v) is 13.1. The molecule has 0 saturated heterocycles. The van der Waals surface area contributed by atoms with Crippen LogP contribution in [0, 0.1) is 0 Å². The monoisotopic (exact) mass is 329 g/mol. The first-order valence-electron chi connectivity index (χ1n) is 10.6. The van der Waals surface area contributed by atoms with Gasteiger partial charge < -0.3 is 0 Å². The second-order valence-electron chi connectivity index (χ2n) is 7.26. The van der Waals surface area contributed by atoms with E-state index in [9.17, 15) is 0 Å². The van der Waals surface area contributed by atoms with E-state index < -0.39 is 7.26 Å². The van der Waals surface area contributed by atoms with Crippen molar-refractivity contribution in [1.29, 1.82) is 0 Å². The number of hydrogen-bond acceptors (Lipinski definition) is 0. The van der Waals surface area contributed by atoms with E-state index in [4.69, 9.17) is 0 Å². The van der Waals surface area contributed by atoms with Gasteiger partial charge in [-0.05, 0) is 33.6 Å². The van der Waals surface area contributed by atoms with Gasteiger partial charge in [0, 0.05) is 7.26 Å². The van der Waals surface area contributed by atoms with Gasteiger partial charge in [0.05, 0.1) is 24.6 Å². The van der Waals surface area contributed by atoms with Crippen LogP contribution < -0.4 is 0 Å². The van der Waals surface area contributed by atoms with Gasteiger partial charge in [0.2, 0.25) is 0 Å². The molecule has 0 spiro atoms. The number of rotatable bonds is 17. The molecule has 0 atom stereocenters. The molecule has 0 saturated carbocycles. The summed E-state index contributed by atoms with van der Waals surface area (Å²) in [7, 11) is -0.521. The summed E-state index contributed by atoms with van der Waals surface area (Å²) in [5.74, 6) is 0. The highest BCUT2D eigenvalue weighted by Crippen LogP contribution is 2.58. The second-order valence-corrected chi connectivity index (χ2v) is 12.3. The first kappa shape index (κ1) is 22.4. The van der Waals surface area contributed by atoms with Crippen molar-refractivity contribution in [3.05, 3.63) is 0 Å². The molecule has 0 N–H and O–H groups in total. The van der Waals surface area contributed by atoms with Gasteiger partial charge in [-0.3, -0.25) is 0 Å². The van der Waals surface area contributed by atoms with Crippen molar-refractivity contribution in [1.82, 2.24) is 0 Å². The highest BCUT2D eigenvalue weighted by molar-refractivity contribution is 7.75. The van der Waals surface area contributed by atoms with E-state index in [-0.39, 0.29) is 0 Å². The van der Waals surface area contributed by atoms with E-state index >= 15 is 0 Å². The Kier molecular flexibility index (Phi) is 16.6. The SMILES string of the molecule is CCCCCCCCCCCCCCC[P+](CC)(CC)CC. The minimum Gasteiger partial charge on any atom is -0.0654 e. The lowest BCUT2D eigenvalue weighted by atomic mass is 10.1. The third-order valence-electron chi connectivity index (χ3n) is 5.75. The third-order valence-corrected chi connectivity index (χ3v) is 11.0. The smallest absolute Gasteiger partial charge is 0.0594 e. The summed E-state index contributed by atoms with van der Waals surface area (Å²) in [6.45, 7) is 9.60. The third kappa shape index (κ3) is 11.9. The van der Waals surface area contributed by atoms with Crippen LogP contribution in [0.4, 0.5) is 0 Å². The molecule has 0 nitrogen and oxygen atoms in total. The normalized spacial score (nSPS) is 12.0. The fraction of sp³-hybridized carbons (Fsp3) is 1.00. The van der Waals surface area contributed by atoms with Crippen LogP contribution in [0.5, 0.6) is 0 Å². The molecule has 0 aromatic carbocycles. The molecule has 22 heavy (non-hydrogen) atoms. The molecule has 0 aliphatic rings. The van der Waals surface area contributed by atoms with Crippen molar-refractivity contribution < 1.29 is 0 Å². The van der Waals surface area contributed by atoms with Gasteiger partial charge in [0.15, 0.2) is 0 Å². The molecule has 134 valence electrons. The Bertz CT molecular complexity index is 200. The predicted molar refractivity (Wildman–Crippen MR) is 109 cm³/mol. The molecule has 0 heterocycles. The fourth-order valence-electron chi connectivity index (χ4n) is 3.61. The maximum Gasteiger partial charge on any atom is 0.0594 e. The summed E-state index contributed by atoms with van der Waals surface area (Å²) < 4.78 is 0. The van der Waals surface area contributed by atoms with Crippen molar-refractivity contribution in [2.45, 2.75) is 111 Å². The summed E-state index contributed by atoms with van der Waals surface area (Å²) in [5.41, 5.74) is 0. The second kappa shape index (κ2) is 16.3. The Hall–Kier alpha value is 0.430. The molecule has 0 unspecified atom stereocenters. The summed E-state index contributed by atoms with van der Waals surface area (Å²) in [6.07, 6.45) is 25.2. The van der Waals surface area contributed by atoms with Gasteiger partial charge in [0.25, 0.3) is 0 Å². The van der Waals surface area contributed by atoms with E-state index in [2.05, 4.69) is 27.7 Å². The zero-order valence-electron chi connectivity index (χ0n) is 16.5. The van der Waals surface area contributed by atoms with Gasteiger partial charge in [-0.2, -0.15) is 0 Å². The van der Waals surface area contributed by atoms with Crippen molar-refractivity contribution in [2.75, 3.05) is 24.6 Å². The maximum absolute atomic E-state index is 2.43. The van der Waals surface area contributed by atoms with Crippen LogP contribution in [-0.2, 0) is 0 Å². The molecule has 0 aliphatic carbocycles. The molecular formula is C21H46P+. The van der Waals surface area contributed by atoms with Crippen LogP contribution in [0.2, 0.25) is 0 Å². The van der Waals surface area contributed by atoms with Gasteiger partial charge in [0.1, 0.15) is 0 Å². The molecule has 0 fully saturated rings. The van der Waals surface area contributed by atoms with Crippen LogP contribution in [0.3, 0.4) is 0 Å². The van der Waals surface area contributed by atoms with Gasteiger partial charge in [-0.15, -0.1) is 0 Å². The molecule has 0 radical (unpaired) electrons. The van der Waals surface area contributed by atoms with Gasteiger partial charge >= 0.3 is 0 Å². The molecule has 1 heteroatoms. The zero-order chi connectivity index (χ0) is 16.5. The molecule has 0 aromatic rings. The highest BCUT2D eigenvalue weighted by Gasteiger charge is 2.29. The van der Waals surface area contributed by atoms with Crippen molar-refractivity contribution in [3.63, 3.8) is 0 Å². The molecule has 0 rings (SSSR count). The quantitative estimate of drug-likeness (QED) is 0.186. The molecular weight excluding hydrogens is 283 g/mol. The average molecular weight is 330 g/mol. The highest BCUT2D eigenvalue weighted by atomic mass is 31.2. The number of unbranched alkanes of at least 4 members (excludes halogenated alkanes) is 12. The lowest BCUT2D eigenvalue weighted by Crippen LogP contribution is -2.07. The Morgan fingerprint density at radius 2 is 0.727 bits per heavy atom. The largest absolute Gasteiger partial charge is 0.0654 e. The minimum atomic E-state index is -0.521. The fourth-order valence-corrected chi connectivity index (χ4v) is 6.79. The van der Waals surface area contributed by atoms with Crippen molar-refractivity contribution >= 4 is 7.26 Å². The molecule has 0 amide bonds. The van der Waals surface area contributed by atoms with E-state index in [1.54, 1.807) is 6.16 Å². The number of hydrogen-bond donors (Lipinski definition) is 0. The van der Waals surface area contributed by atoms with E-state index in [1.807, 2.05) is 0 Å². The Morgan fingerprint density at radius 3 is 1.05 bits per heavy atom. The first-order chi connectivity index (χ1) is 10.7. The van der Waals surface area contributed by atoms with E-state index in [0.29, 0.717) is 0 Å². The van der Waals surface area contributed by atoms with Crippen LogP contribution in [-0.4, -0.2) is 24.6 Å². The van der Waals surface area contributed by atoms with E-state index in [1.165, 1.54) is 102 Å². The Balaban J connectivity index is 3.27.